The average molecular weight is 319 g/mol. The maximum absolute atomic E-state index is 9.18. The number of H-pyrrole nitrogens is 1. The summed E-state index contributed by atoms with van der Waals surface area (Å²) in [6.07, 6.45) is 3.03. The number of nitrogens with zero attached hydrogens (tertiary/aromatic N) is 6. The van der Waals surface area contributed by atoms with Crippen LogP contribution in [0, 0.1) is 11.3 Å². The lowest BCUT2D eigenvalue weighted by atomic mass is 10.2. The first-order chi connectivity index (χ1) is 11.9. The molecule has 3 aromatic rings. The van der Waals surface area contributed by atoms with E-state index in [1.165, 1.54) is 6.21 Å². The van der Waals surface area contributed by atoms with Gasteiger partial charge in [-0.3, -0.25) is 0 Å². The summed E-state index contributed by atoms with van der Waals surface area (Å²) in [6, 6.07) is 15.4. The van der Waals surface area contributed by atoms with Gasteiger partial charge in [-0.05, 0) is 17.7 Å². The van der Waals surface area contributed by atoms with Crippen LogP contribution in [-0.2, 0) is 6.61 Å². The molecule has 2 aromatic heterocycles. The normalized spacial score (nSPS) is 12.0. The highest BCUT2D eigenvalue weighted by molar-refractivity contribution is 5.73. The Hall–Kier alpha value is -3.60. The maximum atomic E-state index is 9.18. The number of benzene rings is 1. The summed E-state index contributed by atoms with van der Waals surface area (Å²) in [7, 11) is 0. The number of nitriles is 1. The topological polar surface area (TPSA) is 113 Å². The SMILES string of the molecule is N#CC(C=Nc1ncccc1OCc1ccccc1)c1nn[nH]n1. The van der Waals surface area contributed by atoms with Crippen LogP contribution in [-0.4, -0.2) is 31.8 Å². The van der Waals surface area contributed by atoms with E-state index in [0.29, 0.717) is 18.2 Å². The summed E-state index contributed by atoms with van der Waals surface area (Å²) in [5, 5.41) is 22.5. The number of ether oxygens (including phenoxy) is 1. The molecule has 3 rings (SSSR count). The molecular formula is C16H13N7O. The number of hydrogen-bond donors (Lipinski definition) is 1. The molecule has 1 N–H and O–H groups in total. The average Bonchev–Trinajstić information content (AvgIpc) is 3.17. The minimum atomic E-state index is -0.715. The highest BCUT2D eigenvalue weighted by Crippen LogP contribution is 2.25. The lowest BCUT2D eigenvalue weighted by Gasteiger charge is -2.08. The molecule has 2 heterocycles. The molecule has 1 aromatic carbocycles. The number of pyridine rings is 1. The van der Waals surface area contributed by atoms with Crippen molar-refractivity contribution in [2.75, 3.05) is 0 Å². The highest BCUT2D eigenvalue weighted by atomic mass is 16.5. The Morgan fingerprint density at radius 1 is 1.25 bits per heavy atom. The molecule has 1 atom stereocenters. The number of aliphatic imine (C=N–C) groups is 1. The summed E-state index contributed by atoms with van der Waals surface area (Å²) in [6.45, 7) is 0.404. The highest BCUT2D eigenvalue weighted by Gasteiger charge is 2.13. The first-order valence-corrected chi connectivity index (χ1v) is 7.15. The van der Waals surface area contributed by atoms with E-state index in [9.17, 15) is 5.26 Å². The third-order valence-corrected chi connectivity index (χ3v) is 3.11. The van der Waals surface area contributed by atoms with Crippen LogP contribution in [0.1, 0.15) is 17.3 Å². The Labute approximate surface area is 137 Å². The predicted octanol–water partition coefficient (Wildman–Crippen LogP) is 2.18. The van der Waals surface area contributed by atoms with Crippen molar-refractivity contribution in [2.45, 2.75) is 12.5 Å². The Morgan fingerprint density at radius 3 is 2.88 bits per heavy atom. The molecule has 0 radical (unpaired) electrons. The van der Waals surface area contributed by atoms with Crippen LogP contribution in [0.5, 0.6) is 5.75 Å². The molecule has 0 amide bonds. The third-order valence-electron chi connectivity index (χ3n) is 3.11. The van der Waals surface area contributed by atoms with Crippen LogP contribution in [0.15, 0.2) is 53.7 Å². The second-order valence-corrected chi connectivity index (χ2v) is 4.75. The van der Waals surface area contributed by atoms with Gasteiger partial charge in [0.2, 0.25) is 0 Å². The predicted molar refractivity (Wildman–Crippen MR) is 85.7 cm³/mol. The van der Waals surface area contributed by atoms with Crippen molar-refractivity contribution in [2.24, 2.45) is 4.99 Å². The van der Waals surface area contributed by atoms with E-state index < -0.39 is 5.92 Å². The Balaban J connectivity index is 1.74. The smallest absolute Gasteiger partial charge is 0.197 e. The van der Waals surface area contributed by atoms with Gasteiger partial charge < -0.3 is 4.74 Å². The second kappa shape index (κ2) is 7.60. The maximum Gasteiger partial charge on any atom is 0.197 e. The van der Waals surface area contributed by atoms with E-state index in [1.54, 1.807) is 18.3 Å². The first kappa shape index (κ1) is 15.3. The number of rotatable bonds is 6. The van der Waals surface area contributed by atoms with Crippen LogP contribution in [0.4, 0.5) is 5.82 Å². The van der Waals surface area contributed by atoms with Gasteiger partial charge in [-0.1, -0.05) is 35.5 Å². The summed E-state index contributed by atoms with van der Waals surface area (Å²) in [5.41, 5.74) is 1.04. The van der Waals surface area contributed by atoms with Crippen molar-refractivity contribution in [3.8, 4) is 11.8 Å². The molecule has 8 heteroatoms. The van der Waals surface area contributed by atoms with Crippen LogP contribution in [0.2, 0.25) is 0 Å². The van der Waals surface area contributed by atoms with Gasteiger partial charge in [0, 0.05) is 12.4 Å². The number of aromatic amines is 1. The molecule has 0 saturated carbocycles. The molecule has 0 saturated heterocycles. The van der Waals surface area contributed by atoms with Crippen LogP contribution < -0.4 is 4.74 Å². The zero-order valence-corrected chi connectivity index (χ0v) is 12.6. The number of aromatic nitrogens is 5. The molecule has 0 bridgehead atoms. The van der Waals surface area contributed by atoms with Crippen molar-refractivity contribution in [1.29, 1.82) is 5.26 Å². The first-order valence-electron chi connectivity index (χ1n) is 7.15. The van der Waals surface area contributed by atoms with Crippen molar-refractivity contribution < 1.29 is 4.74 Å². The van der Waals surface area contributed by atoms with Crippen molar-refractivity contribution >= 4 is 12.0 Å². The van der Waals surface area contributed by atoms with E-state index >= 15 is 0 Å². The monoisotopic (exact) mass is 319 g/mol. The Morgan fingerprint density at radius 2 is 2.12 bits per heavy atom. The molecule has 0 aliphatic carbocycles. The number of tetrazole rings is 1. The minimum absolute atomic E-state index is 0.254. The zero-order chi connectivity index (χ0) is 16.6. The van der Waals surface area contributed by atoms with Crippen LogP contribution in [0.25, 0.3) is 0 Å². The molecule has 1 unspecified atom stereocenters. The molecule has 8 nitrogen and oxygen atoms in total. The molecular weight excluding hydrogens is 306 g/mol. The lowest BCUT2D eigenvalue weighted by Crippen LogP contribution is -2.00. The molecule has 0 spiro atoms. The fourth-order valence-corrected chi connectivity index (χ4v) is 1.93. The molecule has 0 aliphatic heterocycles. The zero-order valence-electron chi connectivity index (χ0n) is 12.6. The van der Waals surface area contributed by atoms with Gasteiger partial charge in [-0.25, -0.2) is 9.98 Å². The fraction of sp³-hybridized carbons (Fsp3) is 0.125. The molecule has 24 heavy (non-hydrogen) atoms. The summed E-state index contributed by atoms with van der Waals surface area (Å²) in [4.78, 5) is 8.42. The Bertz CT molecular complexity index is 840. The van der Waals surface area contributed by atoms with Crippen molar-refractivity contribution in [3.05, 3.63) is 60.0 Å². The summed E-state index contributed by atoms with van der Waals surface area (Å²) >= 11 is 0. The van der Waals surface area contributed by atoms with Crippen LogP contribution >= 0.6 is 0 Å². The van der Waals surface area contributed by atoms with Gasteiger partial charge in [0.1, 0.15) is 12.5 Å². The van der Waals surface area contributed by atoms with E-state index in [-0.39, 0.29) is 5.82 Å². The second-order valence-electron chi connectivity index (χ2n) is 4.75. The van der Waals surface area contributed by atoms with E-state index in [4.69, 9.17) is 4.74 Å². The van der Waals surface area contributed by atoms with Gasteiger partial charge in [0.15, 0.2) is 17.4 Å². The van der Waals surface area contributed by atoms with Crippen LogP contribution in [0.3, 0.4) is 0 Å². The Kier molecular flexibility index (Phi) is 4.84. The number of hydrogen-bond acceptors (Lipinski definition) is 7. The summed E-state index contributed by atoms with van der Waals surface area (Å²) in [5.74, 6) is 0.455. The fourth-order valence-electron chi connectivity index (χ4n) is 1.93. The van der Waals surface area contributed by atoms with E-state index in [1.807, 2.05) is 36.4 Å². The van der Waals surface area contributed by atoms with Gasteiger partial charge in [-0.2, -0.15) is 10.5 Å². The minimum Gasteiger partial charge on any atom is -0.485 e. The van der Waals surface area contributed by atoms with Crippen molar-refractivity contribution in [1.82, 2.24) is 25.6 Å². The molecule has 0 fully saturated rings. The van der Waals surface area contributed by atoms with E-state index in [0.717, 1.165) is 5.56 Å². The number of nitrogens with one attached hydrogen (secondary N) is 1. The quantitative estimate of drug-likeness (QED) is 0.697. The van der Waals surface area contributed by atoms with Gasteiger partial charge in [-0.15, -0.1) is 10.2 Å². The lowest BCUT2D eigenvalue weighted by molar-refractivity contribution is 0.306. The largest absolute Gasteiger partial charge is 0.485 e. The molecule has 0 aliphatic rings. The standard InChI is InChI=1S/C16H13N7O/c17-9-13(15-20-22-23-21-15)10-19-16-14(7-4-8-18-16)24-11-12-5-2-1-3-6-12/h1-8,10,13H,11H2,(H,20,21,22,23). The van der Waals surface area contributed by atoms with Gasteiger partial charge >= 0.3 is 0 Å². The van der Waals surface area contributed by atoms with Gasteiger partial charge in [0.25, 0.3) is 0 Å². The van der Waals surface area contributed by atoms with E-state index in [2.05, 4.69) is 30.6 Å². The van der Waals surface area contributed by atoms with Gasteiger partial charge in [0.05, 0.1) is 6.07 Å². The third kappa shape index (κ3) is 3.78. The summed E-state index contributed by atoms with van der Waals surface area (Å²) < 4.78 is 5.77. The molecule has 118 valence electrons. The van der Waals surface area contributed by atoms with Crippen molar-refractivity contribution in [3.63, 3.8) is 0 Å².